The van der Waals surface area contributed by atoms with E-state index >= 15 is 0 Å². The van der Waals surface area contributed by atoms with E-state index in [1.165, 1.54) is 6.07 Å². The Bertz CT molecular complexity index is 358. The number of carboxylic acid groups (broad SMARTS) is 1. The van der Waals surface area contributed by atoms with Crippen LogP contribution in [0.15, 0.2) is 0 Å². The predicted molar refractivity (Wildman–Crippen MR) is 60.8 cm³/mol. The van der Waals surface area contributed by atoms with Gasteiger partial charge in [-0.25, -0.2) is 9.59 Å². The average molecular weight is 259 g/mol. The number of amides is 2. The topological polar surface area (TPSA) is 132 Å². The number of alkyl carbamates (subject to hydrolysis) is 1. The molecule has 1 atom stereocenters. The van der Waals surface area contributed by atoms with Crippen LogP contribution in [-0.4, -0.2) is 46.7 Å². The highest BCUT2D eigenvalue weighted by Crippen LogP contribution is 2.07. The first-order chi connectivity index (χ1) is 8.08. The van der Waals surface area contributed by atoms with Crippen molar-refractivity contribution < 1.29 is 24.5 Å². The molecule has 0 aliphatic rings. The third-order valence-corrected chi connectivity index (χ3v) is 1.66. The van der Waals surface area contributed by atoms with E-state index in [0.717, 1.165) is 0 Å². The van der Waals surface area contributed by atoms with Crippen LogP contribution in [0, 0.1) is 11.3 Å². The number of nitrogens with zero attached hydrogens (tertiary/aromatic N) is 1. The minimum atomic E-state index is -2.02. The molecule has 0 saturated heterocycles. The van der Waals surface area contributed by atoms with Crippen molar-refractivity contribution in [3.8, 4) is 6.07 Å². The Balaban J connectivity index is 4.26. The highest BCUT2D eigenvalue weighted by atomic mass is 16.6. The van der Waals surface area contributed by atoms with Gasteiger partial charge in [-0.2, -0.15) is 5.26 Å². The quantitative estimate of drug-likeness (QED) is 0.527. The lowest BCUT2D eigenvalue weighted by atomic mass is 10.1. The van der Waals surface area contributed by atoms with E-state index in [2.05, 4.69) is 5.32 Å². The maximum atomic E-state index is 11.3. The van der Waals surface area contributed by atoms with Crippen molar-refractivity contribution in [2.75, 3.05) is 13.1 Å². The smallest absolute Gasteiger partial charge is 0.407 e. The van der Waals surface area contributed by atoms with Gasteiger partial charge < -0.3 is 25.6 Å². The molecule has 0 fully saturated rings. The second-order valence-corrected chi connectivity index (χ2v) is 4.66. The van der Waals surface area contributed by atoms with Gasteiger partial charge in [0.15, 0.2) is 5.60 Å². The molecule has 102 valence electrons. The number of carbonyl (C=O) groups excluding carboxylic acids is 1. The summed E-state index contributed by atoms with van der Waals surface area (Å²) < 4.78 is 4.90. The van der Waals surface area contributed by atoms with E-state index in [1.54, 1.807) is 20.8 Å². The summed E-state index contributed by atoms with van der Waals surface area (Å²) in [5.74, 6) is 0. The minimum Gasteiger partial charge on any atom is -0.465 e. The lowest BCUT2D eigenvalue weighted by Gasteiger charge is -2.23. The minimum absolute atomic E-state index is 0.446. The highest BCUT2D eigenvalue weighted by molar-refractivity contribution is 5.68. The maximum absolute atomic E-state index is 11.3. The zero-order valence-corrected chi connectivity index (χ0v) is 10.5. The largest absolute Gasteiger partial charge is 0.465 e. The van der Waals surface area contributed by atoms with Crippen LogP contribution in [0.2, 0.25) is 0 Å². The molecule has 8 nitrogen and oxygen atoms in total. The molecule has 0 aliphatic carbocycles. The van der Waals surface area contributed by atoms with Gasteiger partial charge in [0.2, 0.25) is 0 Å². The summed E-state index contributed by atoms with van der Waals surface area (Å²) in [6, 6.07) is 1.51. The number of hydrogen-bond acceptors (Lipinski definition) is 5. The van der Waals surface area contributed by atoms with Gasteiger partial charge in [-0.3, -0.25) is 0 Å². The lowest BCUT2D eigenvalue weighted by Crippen LogP contribution is -2.50. The summed E-state index contributed by atoms with van der Waals surface area (Å²) in [5.41, 5.74) is -2.72. The highest BCUT2D eigenvalue weighted by Gasteiger charge is 2.29. The molecule has 4 N–H and O–H groups in total. The molecule has 18 heavy (non-hydrogen) atoms. The number of rotatable bonds is 4. The molecule has 0 aliphatic heterocycles. The lowest BCUT2D eigenvalue weighted by molar-refractivity contribution is 0.0433. The first-order valence-electron chi connectivity index (χ1n) is 5.15. The molecule has 0 aromatic carbocycles. The fraction of sp³-hybridized carbons (Fsp3) is 0.700. The Labute approximate surface area is 105 Å². The maximum Gasteiger partial charge on any atom is 0.407 e. The number of aliphatic hydroxyl groups is 1. The molecule has 0 saturated carbocycles. The van der Waals surface area contributed by atoms with Crippen molar-refractivity contribution >= 4 is 12.2 Å². The van der Waals surface area contributed by atoms with Crippen LogP contribution >= 0.6 is 0 Å². The zero-order chi connectivity index (χ0) is 14.4. The van der Waals surface area contributed by atoms with Gasteiger partial charge in [0, 0.05) is 0 Å². The van der Waals surface area contributed by atoms with Crippen LogP contribution in [0.25, 0.3) is 0 Å². The number of hydrogen-bond donors (Lipinski definition) is 4. The summed E-state index contributed by atoms with van der Waals surface area (Å²) >= 11 is 0. The SMILES string of the molecule is CC(C)(C)OC(=O)NCC(O)(C#N)CNC(=O)O. The van der Waals surface area contributed by atoms with E-state index < -0.39 is 36.5 Å². The normalized spacial score (nSPS) is 13.9. The van der Waals surface area contributed by atoms with Crippen LogP contribution in [-0.2, 0) is 4.74 Å². The van der Waals surface area contributed by atoms with Crippen molar-refractivity contribution in [1.82, 2.24) is 10.6 Å². The van der Waals surface area contributed by atoms with Crippen LogP contribution in [0.4, 0.5) is 9.59 Å². The summed E-state index contributed by atoms with van der Waals surface area (Å²) in [6.07, 6.45) is -2.17. The predicted octanol–water partition coefficient (Wildman–Crippen LogP) is 0.0334. The Morgan fingerprint density at radius 3 is 2.17 bits per heavy atom. The number of ether oxygens (including phenoxy) is 1. The second-order valence-electron chi connectivity index (χ2n) is 4.66. The average Bonchev–Trinajstić information content (AvgIpc) is 2.21. The molecule has 0 spiro atoms. The Morgan fingerprint density at radius 2 is 1.78 bits per heavy atom. The van der Waals surface area contributed by atoms with Gasteiger partial charge in [-0.1, -0.05) is 0 Å². The van der Waals surface area contributed by atoms with E-state index in [9.17, 15) is 14.7 Å². The molecule has 1 unspecified atom stereocenters. The van der Waals surface area contributed by atoms with E-state index in [4.69, 9.17) is 15.1 Å². The van der Waals surface area contributed by atoms with Crippen LogP contribution in [0.3, 0.4) is 0 Å². The first kappa shape index (κ1) is 16.0. The zero-order valence-electron chi connectivity index (χ0n) is 10.5. The Hall–Kier alpha value is -2.01. The van der Waals surface area contributed by atoms with Gasteiger partial charge in [-0.15, -0.1) is 0 Å². The molecule has 0 bridgehead atoms. The molecule has 0 aromatic heterocycles. The molecule has 0 radical (unpaired) electrons. The summed E-state index contributed by atoms with van der Waals surface area (Å²) in [7, 11) is 0. The summed E-state index contributed by atoms with van der Waals surface area (Å²) in [4.78, 5) is 21.5. The van der Waals surface area contributed by atoms with Crippen molar-refractivity contribution in [3.63, 3.8) is 0 Å². The fourth-order valence-electron chi connectivity index (χ4n) is 0.896. The van der Waals surface area contributed by atoms with Crippen molar-refractivity contribution in [3.05, 3.63) is 0 Å². The number of carbonyl (C=O) groups is 2. The van der Waals surface area contributed by atoms with Crippen molar-refractivity contribution in [1.29, 1.82) is 5.26 Å². The van der Waals surface area contributed by atoms with Crippen LogP contribution in [0.5, 0.6) is 0 Å². The van der Waals surface area contributed by atoms with Crippen molar-refractivity contribution in [2.24, 2.45) is 0 Å². The van der Waals surface area contributed by atoms with Gasteiger partial charge in [-0.05, 0) is 20.8 Å². The van der Waals surface area contributed by atoms with Crippen LogP contribution < -0.4 is 10.6 Å². The second kappa shape index (κ2) is 6.07. The van der Waals surface area contributed by atoms with Gasteiger partial charge in [0.25, 0.3) is 0 Å². The fourth-order valence-corrected chi connectivity index (χ4v) is 0.896. The van der Waals surface area contributed by atoms with Gasteiger partial charge >= 0.3 is 12.2 Å². The Kier molecular flexibility index (Phi) is 5.39. The molecule has 0 aromatic rings. The first-order valence-corrected chi connectivity index (χ1v) is 5.15. The van der Waals surface area contributed by atoms with Gasteiger partial charge in [0.05, 0.1) is 13.1 Å². The molecule has 0 rings (SSSR count). The van der Waals surface area contributed by atoms with Crippen LogP contribution in [0.1, 0.15) is 20.8 Å². The molecular weight excluding hydrogens is 242 g/mol. The molecule has 2 amide bonds. The van der Waals surface area contributed by atoms with E-state index in [-0.39, 0.29) is 0 Å². The monoisotopic (exact) mass is 259 g/mol. The standard InChI is InChI=1S/C10H17N3O5/c1-9(2,3)18-8(16)13-6-10(17,4-11)5-12-7(14)15/h12,17H,5-6H2,1-3H3,(H,13,16)(H,14,15). The molecule has 8 heteroatoms. The third kappa shape index (κ3) is 7.29. The van der Waals surface area contributed by atoms with E-state index in [1.807, 2.05) is 5.32 Å². The summed E-state index contributed by atoms with van der Waals surface area (Å²) in [6.45, 7) is 4.02. The van der Waals surface area contributed by atoms with Gasteiger partial charge in [0.1, 0.15) is 11.7 Å². The van der Waals surface area contributed by atoms with Crippen molar-refractivity contribution in [2.45, 2.75) is 32.0 Å². The number of nitrogens with one attached hydrogen (secondary N) is 2. The molecule has 0 heterocycles. The third-order valence-electron chi connectivity index (χ3n) is 1.66. The van der Waals surface area contributed by atoms with E-state index in [0.29, 0.717) is 0 Å². The number of nitriles is 1. The molecular formula is C10H17N3O5. The Morgan fingerprint density at radius 1 is 1.28 bits per heavy atom. The summed E-state index contributed by atoms with van der Waals surface area (Å²) in [5, 5.41) is 30.8.